The van der Waals surface area contributed by atoms with E-state index >= 15 is 0 Å². The van der Waals surface area contributed by atoms with E-state index in [4.69, 9.17) is 0 Å². The van der Waals surface area contributed by atoms with Crippen LogP contribution in [0.5, 0.6) is 0 Å². The molecule has 0 aliphatic carbocycles. The van der Waals surface area contributed by atoms with Crippen LogP contribution in [0.2, 0.25) is 0 Å². The Kier molecular flexibility index (Phi) is 7.54. The molecule has 0 radical (unpaired) electrons. The minimum Gasteiger partial charge on any atom is -0.322 e. The minimum absolute atomic E-state index is 0.118. The highest BCUT2D eigenvalue weighted by Crippen LogP contribution is 2.35. The van der Waals surface area contributed by atoms with Gasteiger partial charge in [0, 0.05) is 35.7 Å². The summed E-state index contributed by atoms with van der Waals surface area (Å²) in [7, 11) is 0. The zero-order chi connectivity index (χ0) is 24.2. The monoisotopic (exact) mass is 491 g/mol. The van der Waals surface area contributed by atoms with Gasteiger partial charge < -0.3 is 4.90 Å². The van der Waals surface area contributed by atoms with Gasteiger partial charge in [0.25, 0.3) is 5.91 Å². The van der Waals surface area contributed by atoms with E-state index in [-0.39, 0.29) is 24.1 Å². The topological polar surface area (TPSA) is 69.7 Å². The van der Waals surface area contributed by atoms with Crippen molar-refractivity contribution in [3.8, 4) is 0 Å². The van der Waals surface area contributed by atoms with Crippen molar-refractivity contribution in [3.05, 3.63) is 64.7 Å². The molecule has 3 heterocycles. The molecule has 3 aliphatic heterocycles. The lowest BCUT2D eigenvalue weighted by molar-refractivity contribution is -0.136. The smallest absolute Gasteiger partial charge is 0.255 e. The molecule has 0 saturated carbocycles. The predicted molar refractivity (Wildman–Crippen MR) is 137 cm³/mol. The SMILES string of the molecule is O=C1CCC(N2Cc3c(SCc4cccc(CN5CCCCCCC5)c4)cccc3C2=O)C(=O)N1. The molecule has 0 bridgehead atoms. The molecule has 3 aliphatic rings. The molecular formula is C28H33N3O3S. The molecule has 0 spiro atoms. The molecule has 1 atom stereocenters. The molecule has 1 N–H and O–H groups in total. The summed E-state index contributed by atoms with van der Waals surface area (Å²) in [5.41, 5.74) is 4.30. The standard InChI is InChI=1S/C28H33N3O3S/c32-26-13-12-24(27(33)29-26)31-18-23-22(28(31)34)10-7-11-25(23)35-19-21-9-6-8-20(16-21)17-30-14-4-2-1-3-5-15-30/h6-11,16,24H,1-5,12-15,17-19H2,(H,29,32,33). The van der Waals surface area contributed by atoms with Crippen LogP contribution in [0, 0.1) is 0 Å². The molecule has 2 fully saturated rings. The number of imide groups is 1. The molecule has 184 valence electrons. The van der Waals surface area contributed by atoms with Crippen LogP contribution >= 0.6 is 11.8 Å². The Morgan fingerprint density at radius 2 is 1.66 bits per heavy atom. The van der Waals surface area contributed by atoms with Crippen LogP contribution in [-0.2, 0) is 28.4 Å². The maximum atomic E-state index is 13.1. The third kappa shape index (κ3) is 5.62. The number of amides is 3. The van der Waals surface area contributed by atoms with E-state index in [1.807, 2.05) is 12.1 Å². The molecule has 2 aromatic carbocycles. The maximum absolute atomic E-state index is 13.1. The van der Waals surface area contributed by atoms with Crippen molar-refractivity contribution in [2.45, 2.75) is 74.7 Å². The lowest BCUT2D eigenvalue weighted by atomic mass is 10.0. The lowest BCUT2D eigenvalue weighted by Crippen LogP contribution is -2.52. The fourth-order valence-corrected chi connectivity index (χ4v) is 6.43. The van der Waals surface area contributed by atoms with E-state index < -0.39 is 6.04 Å². The maximum Gasteiger partial charge on any atom is 0.255 e. The highest BCUT2D eigenvalue weighted by Gasteiger charge is 2.39. The fraction of sp³-hybridized carbons (Fsp3) is 0.464. The minimum atomic E-state index is -0.578. The summed E-state index contributed by atoms with van der Waals surface area (Å²) in [6, 6.07) is 14.1. The van der Waals surface area contributed by atoms with Crippen LogP contribution in [0.4, 0.5) is 0 Å². The van der Waals surface area contributed by atoms with E-state index in [1.54, 1.807) is 16.7 Å². The largest absolute Gasteiger partial charge is 0.322 e. The average Bonchev–Trinajstić information content (AvgIpc) is 3.16. The molecule has 7 heteroatoms. The number of carbonyl (C=O) groups is 3. The highest BCUT2D eigenvalue weighted by atomic mass is 32.2. The van der Waals surface area contributed by atoms with Crippen LogP contribution in [0.3, 0.4) is 0 Å². The molecule has 3 amide bonds. The fourth-order valence-electron chi connectivity index (χ4n) is 5.40. The van der Waals surface area contributed by atoms with E-state index in [2.05, 4.69) is 40.5 Å². The van der Waals surface area contributed by atoms with Gasteiger partial charge in [-0.2, -0.15) is 0 Å². The second-order valence-corrected chi connectivity index (χ2v) is 10.9. The average molecular weight is 492 g/mol. The van der Waals surface area contributed by atoms with Crippen molar-refractivity contribution in [3.63, 3.8) is 0 Å². The van der Waals surface area contributed by atoms with Crippen molar-refractivity contribution >= 4 is 29.5 Å². The van der Waals surface area contributed by atoms with Gasteiger partial charge in [-0.1, -0.05) is 49.6 Å². The van der Waals surface area contributed by atoms with Gasteiger partial charge in [0.15, 0.2) is 0 Å². The normalized spacial score (nSPS) is 21.4. The van der Waals surface area contributed by atoms with Crippen LogP contribution in [0.1, 0.15) is 72.0 Å². The van der Waals surface area contributed by atoms with Gasteiger partial charge in [-0.3, -0.25) is 24.6 Å². The highest BCUT2D eigenvalue weighted by molar-refractivity contribution is 7.98. The van der Waals surface area contributed by atoms with Crippen molar-refractivity contribution in [2.24, 2.45) is 0 Å². The van der Waals surface area contributed by atoms with Gasteiger partial charge in [0.2, 0.25) is 11.8 Å². The van der Waals surface area contributed by atoms with Crippen LogP contribution < -0.4 is 5.32 Å². The first kappa shape index (κ1) is 24.1. The van der Waals surface area contributed by atoms with Crippen LogP contribution in [-0.4, -0.2) is 46.7 Å². The van der Waals surface area contributed by atoms with E-state index in [9.17, 15) is 14.4 Å². The summed E-state index contributed by atoms with van der Waals surface area (Å²) < 4.78 is 0. The van der Waals surface area contributed by atoms with Gasteiger partial charge >= 0.3 is 0 Å². The quantitative estimate of drug-likeness (QED) is 0.476. The molecule has 0 aromatic heterocycles. The number of fused-ring (bicyclic) bond motifs is 1. The van der Waals surface area contributed by atoms with Crippen molar-refractivity contribution in [1.29, 1.82) is 0 Å². The number of piperidine rings is 1. The van der Waals surface area contributed by atoms with Crippen molar-refractivity contribution < 1.29 is 14.4 Å². The first-order valence-electron chi connectivity index (χ1n) is 12.8. The Morgan fingerprint density at radius 3 is 2.46 bits per heavy atom. The van der Waals surface area contributed by atoms with Crippen LogP contribution in [0.15, 0.2) is 47.4 Å². The lowest BCUT2D eigenvalue weighted by Gasteiger charge is -2.29. The van der Waals surface area contributed by atoms with Crippen molar-refractivity contribution in [2.75, 3.05) is 13.1 Å². The Balaban J connectivity index is 1.24. The van der Waals surface area contributed by atoms with E-state index in [0.717, 1.165) is 22.8 Å². The molecule has 6 nitrogen and oxygen atoms in total. The molecule has 2 saturated heterocycles. The second kappa shape index (κ2) is 11.0. The summed E-state index contributed by atoms with van der Waals surface area (Å²) >= 11 is 1.74. The number of rotatable bonds is 6. The molecule has 2 aromatic rings. The number of benzene rings is 2. The summed E-state index contributed by atoms with van der Waals surface area (Å²) in [5.74, 6) is 0.0811. The van der Waals surface area contributed by atoms with E-state index in [0.29, 0.717) is 18.5 Å². The zero-order valence-electron chi connectivity index (χ0n) is 20.1. The molecule has 5 rings (SSSR count). The summed E-state index contributed by atoms with van der Waals surface area (Å²) in [5, 5.41) is 2.38. The Hall–Kier alpha value is -2.64. The van der Waals surface area contributed by atoms with Gasteiger partial charge in [-0.05, 0) is 61.2 Å². The molecule has 1 unspecified atom stereocenters. The zero-order valence-corrected chi connectivity index (χ0v) is 20.9. The summed E-state index contributed by atoms with van der Waals surface area (Å²) in [4.78, 5) is 42.3. The Bertz CT molecular complexity index is 1110. The predicted octanol–water partition coefficient (Wildman–Crippen LogP) is 4.51. The third-order valence-corrected chi connectivity index (χ3v) is 8.45. The Labute approximate surface area is 211 Å². The van der Waals surface area contributed by atoms with Crippen LogP contribution in [0.25, 0.3) is 0 Å². The van der Waals surface area contributed by atoms with Gasteiger partial charge in [0.05, 0.1) is 0 Å². The van der Waals surface area contributed by atoms with Gasteiger partial charge in [-0.25, -0.2) is 0 Å². The Morgan fingerprint density at radius 1 is 0.914 bits per heavy atom. The number of thioether (sulfide) groups is 1. The number of hydrogen-bond acceptors (Lipinski definition) is 5. The van der Waals surface area contributed by atoms with Gasteiger partial charge in [-0.15, -0.1) is 11.8 Å². The second-order valence-electron chi connectivity index (χ2n) is 9.83. The summed E-state index contributed by atoms with van der Waals surface area (Å²) in [6.07, 6.45) is 7.31. The third-order valence-electron chi connectivity index (χ3n) is 7.28. The van der Waals surface area contributed by atoms with E-state index in [1.165, 1.54) is 56.3 Å². The number of hydrogen-bond donors (Lipinski definition) is 1. The number of carbonyl (C=O) groups excluding carboxylic acids is 3. The molecular weight excluding hydrogens is 458 g/mol. The number of nitrogens with one attached hydrogen (secondary N) is 1. The van der Waals surface area contributed by atoms with Gasteiger partial charge in [0.1, 0.15) is 6.04 Å². The number of nitrogens with zero attached hydrogens (tertiary/aromatic N) is 2. The first-order chi connectivity index (χ1) is 17.1. The molecule has 35 heavy (non-hydrogen) atoms. The van der Waals surface area contributed by atoms with Crippen molar-refractivity contribution in [1.82, 2.24) is 15.1 Å². The first-order valence-corrected chi connectivity index (χ1v) is 13.8. The summed E-state index contributed by atoms with van der Waals surface area (Å²) in [6.45, 7) is 3.80. The number of likely N-dealkylation sites (tertiary alicyclic amines) is 1.